The van der Waals surface area contributed by atoms with E-state index in [1.807, 2.05) is 0 Å². The number of hydrogen-bond acceptors (Lipinski definition) is 13. The van der Waals surface area contributed by atoms with Crippen molar-refractivity contribution >= 4 is 74.5 Å². The van der Waals surface area contributed by atoms with Gasteiger partial charge in [0.25, 0.3) is 0 Å². The first-order valence-electron chi connectivity index (χ1n) is 18.1. The maximum absolute atomic E-state index is 14.7. The van der Waals surface area contributed by atoms with E-state index in [9.17, 15) is 37.2 Å². The van der Waals surface area contributed by atoms with Crippen LogP contribution in [0.25, 0.3) is 5.69 Å². The van der Waals surface area contributed by atoms with Crippen molar-refractivity contribution in [1.82, 2.24) is 35.6 Å². The number of para-hydroxylation sites is 1. The number of halogens is 1. The first-order valence-corrected chi connectivity index (χ1v) is 20.4. The molecule has 0 fully saturated rings. The Kier molecular flexibility index (Phi) is 12.8. The molecule has 0 spiro atoms. The summed E-state index contributed by atoms with van der Waals surface area (Å²) >= 11 is 6.19. The molecule has 2 atom stereocenters. The van der Waals surface area contributed by atoms with Crippen LogP contribution in [0.15, 0.2) is 73.1 Å². The number of sulfonamides is 1. The fourth-order valence-electron chi connectivity index (χ4n) is 5.95. The molecule has 1 aliphatic heterocycles. The van der Waals surface area contributed by atoms with Gasteiger partial charge in [0, 0.05) is 23.6 Å². The third-order valence-corrected chi connectivity index (χ3v) is 9.05. The highest BCUT2D eigenvalue weighted by Gasteiger charge is 2.57. The molecular formula is C38H43ClN10O10S. The topological polar surface area (TPSA) is 262 Å². The zero-order chi connectivity index (χ0) is 44.2. The first-order chi connectivity index (χ1) is 27.9. The Morgan fingerprint density at radius 2 is 1.53 bits per heavy atom. The smallest absolute Gasteiger partial charge is 0.417 e. The van der Waals surface area contributed by atoms with Gasteiger partial charge in [0.15, 0.2) is 0 Å². The number of amides is 6. The number of nitrogens with zero attached hydrogens (tertiary/aromatic N) is 5. The van der Waals surface area contributed by atoms with E-state index in [0.29, 0.717) is 11.1 Å². The van der Waals surface area contributed by atoms with Crippen LogP contribution in [0.3, 0.4) is 0 Å². The van der Waals surface area contributed by atoms with Gasteiger partial charge in [-0.05, 0) is 99.5 Å². The number of anilines is 3. The van der Waals surface area contributed by atoms with Gasteiger partial charge in [-0.2, -0.15) is 4.68 Å². The van der Waals surface area contributed by atoms with Gasteiger partial charge in [-0.3, -0.25) is 14.4 Å². The average molecular weight is 867 g/mol. The number of esters is 1. The van der Waals surface area contributed by atoms with Crippen LogP contribution in [-0.4, -0.2) is 93.6 Å². The molecule has 22 heteroatoms. The fourth-order valence-corrected chi connectivity index (χ4v) is 6.51. The Morgan fingerprint density at radius 1 is 0.867 bits per heavy atom. The van der Waals surface area contributed by atoms with Crippen LogP contribution in [0, 0.1) is 0 Å². The van der Waals surface area contributed by atoms with Crippen molar-refractivity contribution in [2.24, 2.45) is 0 Å². The monoisotopic (exact) mass is 866 g/mol. The van der Waals surface area contributed by atoms with Crippen LogP contribution in [0.2, 0.25) is 5.02 Å². The van der Waals surface area contributed by atoms with E-state index in [-0.39, 0.29) is 40.6 Å². The molecule has 0 radical (unpaired) electrons. The number of carbonyl (C=O) groups excluding carboxylic acids is 6. The predicted molar refractivity (Wildman–Crippen MR) is 217 cm³/mol. The second-order valence-electron chi connectivity index (χ2n) is 15.6. The van der Waals surface area contributed by atoms with E-state index in [2.05, 4.69) is 36.8 Å². The normalized spacial score (nSPS) is 15.5. The Balaban J connectivity index is 1.52. The van der Waals surface area contributed by atoms with E-state index in [0.717, 1.165) is 11.2 Å². The number of benzene rings is 3. The highest BCUT2D eigenvalue weighted by atomic mass is 35.5. The van der Waals surface area contributed by atoms with Gasteiger partial charge in [0.2, 0.25) is 21.6 Å². The van der Waals surface area contributed by atoms with Crippen molar-refractivity contribution in [3.63, 3.8) is 0 Å². The quantitative estimate of drug-likeness (QED) is 0.113. The molecule has 1 aromatic heterocycles. The lowest BCUT2D eigenvalue weighted by Crippen LogP contribution is -2.70. The zero-order valence-corrected chi connectivity index (χ0v) is 35.1. The summed E-state index contributed by atoms with van der Waals surface area (Å²) in [4.78, 5) is 83.5. The van der Waals surface area contributed by atoms with E-state index < -0.39 is 68.7 Å². The number of aromatic nitrogens is 4. The van der Waals surface area contributed by atoms with Crippen molar-refractivity contribution in [2.75, 3.05) is 21.8 Å². The lowest BCUT2D eigenvalue weighted by atomic mass is 10.00. The SMILES string of the molecule is CC(C)(C)OC(=O)N1c2ccccc2CC1(NC(=O)C(Cc1ccc(NC(=O)NS(C)(=O)=O)cc1)NC(=O)C(=O)Nc1cc(Cl)ccc1-n1cnnn1)C(=O)OC(C)(C)C. The van der Waals surface area contributed by atoms with Gasteiger partial charge in [-0.15, -0.1) is 5.10 Å². The molecule has 2 heterocycles. The number of ether oxygens (including phenoxy) is 2. The lowest BCUT2D eigenvalue weighted by molar-refractivity contribution is -0.164. The minimum atomic E-state index is -3.86. The van der Waals surface area contributed by atoms with Crippen molar-refractivity contribution in [1.29, 1.82) is 0 Å². The molecule has 0 bridgehead atoms. The predicted octanol–water partition coefficient (Wildman–Crippen LogP) is 3.21. The molecule has 6 amide bonds. The number of rotatable bonds is 10. The van der Waals surface area contributed by atoms with Gasteiger partial charge in [-0.25, -0.2) is 32.4 Å². The van der Waals surface area contributed by atoms with Crippen LogP contribution >= 0.6 is 11.6 Å². The molecule has 0 saturated carbocycles. The molecule has 0 aliphatic carbocycles. The van der Waals surface area contributed by atoms with Crippen LogP contribution < -0.4 is 30.9 Å². The van der Waals surface area contributed by atoms with E-state index in [1.54, 1.807) is 70.5 Å². The summed E-state index contributed by atoms with van der Waals surface area (Å²) in [5.74, 6) is -4.56. The van der Waals surface area contributed by atoms with Gasteiger partial charge in [0.1, 0.15) is 23.6 Å². The summed E-state index contributed by atoms with van der Waals surface area (Å²) in [7, 11) is -3.86. The molecule has 0 saturated heterocycles. The summed E-state index contributed by atoms with van der Waals surface area (Å²) in [5, 5.41) is 21.1. The maximum Gasteiger partial charge on any atom is 0.417 e. The molecule has 20 nitrogen and oxygen atoms in total. The highest BCUT2D eigenvalue weighted by Crippen LogP contribution is 2.40. The molecule has 4 aromatic rings. The molecule has 60 heavy (non-hydrogen) atoms. The third-order valence-electron chi connectivity index (χ3n) is 8.26. The first kappa shape index (κ1) is 44.5. The van der Waals surface area contributed by atoms with Gasteiger partial charge < -0.3 is 30.7 Å². The van der Waals surface area contributed by atoms with Gasteiger partial charge >= 0.3 is 29.9 Å². The molecule has 1 aliphatic rings. The summed E-state index contributed by atoms with van der Waals surface area (Å²) in [6, 6.07) is 14.0. The molecule has 2 unspecified atom stereocenters. The van der Waals surface area contributed by atoms with Gasteiger partial charge in [0.05, 0.1) is 23.3 Å². The van der Waals surface area contributed by atoms with Gasteiger partial charge in [-0.1, -0.05) is 41.9 Å². The number of nitrogens with one attached hydrogen (secondary N) is 5. The standard InChI is InChI=1S/C38H43ClN10O10S/c1-36(2,3)58-33(53)38(20-23-10-8-9-11-28(23)49(38)35(55)59-37(4,5)6)44-30(50)27(18-22-12-15-25(16-13-22)41-34(54)45-60(7,56)57)43-32(52)31(51)42-26-19-24(39)14-17-29(26)48-21-40-46-47-48/h8-17,19,21,27H,18,20H2,1-7H3,(H,42,51)(H,43,52)(H,44,50)(H2,41,45,54). The van der Waals surface area contributed by atoms with Crippen molar-refractivity contribution < 1.29 is 46.7 Å². The molecule has 3 aromatic carbocycles. The average Bonchev–Trinajstić information content (AvgIpc) is 3.77. The number of hydrogen-bond donors (Lipinski definition) is 5. The summed E-state index contributed by atoms with van der Waals surface area (Å²) in [6.07, 6.45) is 0.482. The van der Waals surface area contributed by atoms with Crippen molar-refractivity contribution in [3.8, 4) is 5.69 Å². The fraction of sp³-hybridized carbons (Fsp3) is 0.342. The lowest BCUT2D eigenvalue weighted by Gasteiger charge is -2.39. The zero-order valence-electron chi connectivity index (χ0n) is 33.5. The largest absolute Gasteiger partial charge is 0.457 e. The summed E-state index contributed by atoms with van der Waals surface area (Å²) < 4.78 is 37.5. The number of fused-ring (bicyclic) bond motifs is 1. The number of tetrazole rings is 1. The van der Waals surface area contributed by atoms with Crippen LogP contribution in [0.1, 0.15) is 52.7 Å². The summed E-state index contributed by atoms with van der Waals surface area (Å²) in [6.45, 7) is 9.71. The third kappa shape index (κ3) is 11.3. The summed E-state index contributed by atoms with van der Waals surface area (Å²) in [5.41, 5.74) is -2.84. The minimum Gasteiger partial charge on any atom is -0.457 e. The Morgan fingerprint density at radius 3 is 2.15 bits per heavy atom. The molecule has 5 N–H and O–H groups in total. The van der Waals surface area contributed by atoms with Crippen LogP contribution in [0.5, 0.6) is 0 Å². The van der Waals surface area contributed by atoms with E-state index in [4.69, 9.17) is 21.1 Å². The van der Waals surface area contributed by atoms with Crippen molar-refractivity contribution in [3.05, 3.63) is 89.2 Å². The van der Waals surface area contributed by atoms with E-state index >= 15 is 0 Å². The maximum atomic E-state index is 14.7. The number of urea groups is 1. The highest BCUT2D eigenvalue weighted by molar-refractivity contribution is 7.89. The van der Waals surface area contributed by atoms with Crippen LogP contribution in [0.4, 0.5) is 26.7 Å². The second kappa shape index (κ2) is 17.3. The van der Waals surface area contributed by atoms with Crippen molar-refractivity contribution in [2.45, 2.75) is 77.3 Å². The molecular weight excluding hydrogens is 824 g/mol. The molecule has 5 rings (SSSR count). The minimum absolute atomic E-state index is 0.0413. The van der Waals surface area contributed by atoms with E-state index in [1.165, 1.54) is 53.5 Å². The number of carbonyl (C=O) groups is 6. The Hall–Kier alpha value is -6.61. The Bertz CT molecular complexity index is 2420. The second-order valence-corrected chi connectivity index (χ2v) is 17.8. The Labute approximate surface area is 349 Å². The van der Waals surface area contributed by atoms with Crippen LogP contribution in [-0.2, 0) is 51.5 Å². The molecule has 318 valence electrons.